The van der Waals surface area contributed by atoms with Crippen LogP contribution in [0.25, 0.3) is 153 Å². The van der Waals surface area contributed by atoms with E-state index in [0.29, 0.717) is 140 Å². The first-order valence-electron chi connectivity index (χ1n) is 28.7. The third-order valence-corrected chi connectivity index (χ3v) is 16.8. The summed E-state index contributed by atoms with van der Waals surface area (Å²) in [6.45, 7) is 31.8. The highest BCUT2D eigenvalue weighted by atomic mass is 15.0. The smallest absolute Gasteiger partial charge is 0.196 e. The average Bonchev–Trinajstić information content (AvgIpc) is 1.56. The molecule has 0 saturated heterocycles. The Morgan fingerprint density at radius 2 is 0.696 bits per heavy atom. The topological polar surface area (TPSA) is 159 Å². The molecule has 0 aliphatic rings. The Kier molecular flexibility index (Phi) is 13.7. The summed E-state index contributed by atoms with van der Waals surface area (Å²) in [7, 11) is 0. The molecular formula is C80H38N12. The molecule has 0 aliphatic carbocycles. The normalized spacial score (nSPS) is 10.7. The van der Waals surface area contributed by atoms with Gasteiger partial charge >= 0.3 is 0 Å². The minimum absolute atomic E-state index is 0.293. The van der Waals surface area contributed by atoms with Crippen molar-refractivity contribution in [2.45, 2.75) is 0 Å². The maximum absolute atomic E-state index is 12.2. The monoisotopic (exact) mass is 1170 g/mol. The van der Waals surface area contributed by atoms with Crippen molar-refractivity contribution in [1.29, 1.82) is 26.3 Å². The number of pyridine rings is 1. The van der Waals surface area contributed by atoms with Gasteiger partial charge in [-0.25, -0.2) is 24.4 Å². The highest BCUT2D eigenvalue weighted by Gasteiger charge is 2.26. The second-order valence-electron chi connectivity index (χ2n) is 21.8. The second-order valence-corrected chi connectivity index (χ2v) is 21.8. The zero-order valence-corrected chi connectivity index (χ0v) is 48.3. The number of rotatable bonds is 9. The number of aromatic nitrogens is 3. The summed E-state index contributed by atoms with van der Waals surface area (Å²) < 4.78 is 4.17. The van der Waals surface area contributed by atoms with Crippen molar-refractivity contribution in [1.82, 2.24) is 14.1 Å². The lowest BCUT2D eigenvalue weighted by molar-refractivity contribution is 1.12. The first kappa shape index (κ1) is 55.5. The number of hydrogen-bond acceptors (Lipinski definition) is 6. The van der Waals surface area contributed by atoms with Gasteiger partial charge in [-0.3, -0.25) is 0 Å². The van der Waals surface area contributed by atoms with Gasteiger partial charge < -0.3 is 9.13 Å². The molecule has 0 spiro atoms. The Balaban J connectivity index is 1.12. The van der Waals surface area contributed by atoms with E-state index < -0.39 is 0 Å². The number of hydrogen-bond donors (Lipinski definition) is 0. The molecule has 0 fully saturated rings. The molecule has 418 valence electrons. The van der Waals surface area contributed by atoms with E-state index in [1.54, 1.807) is 72.8 Å². The fourth-order valence-corrected chi connectivity index (χ4v) is 12.5. The Bertz CT molecular complexity index is 5330. The summed E-state index contributed by atoms with van der Waals surface area (Å²) in [5.74, 6) is 0. The van der Waals surface area contributed by atoms with E-state index >= 15 is 0 Å². The lowest BCUT2D eigenvalue weighted by Crippen LogP contribution is -2.05. The fourth-order valence-electron chi connectivity index (χ4n) is 12.5. The summed E-state index contributed by atoms with van der Waals surface area (Å²) in [4.78, 5) is 20.2. The fraction of sp³-hybridized carbons (Fsp3) is 0. The van der Waals surface area contributed by atoms with Crippen LogP contribution in [0, 0.1) is 82.9 Å². The molecule has 0 saturated carbocycles. The van der Waals surface area contributed by atoms with E-state index in [4.69, 9.17) is 31.3 Å². The van der Waals surface area contributed by atoms with Gasteiger partial charge in [0.05, 0.1) is 107 Å². The van der Waals surface area contributed by atoms with Crippen LogP contribution in [0.3, 0.4) is 0 Å². The van der Waals surface area contributed by atoms with Crippen LogP contribution in [0.5, 0.6) is 0 Å². The van der Waals surface area contributed by atoms with Crippen LogP contribution in [-0.4, -0.2) is 14.1 Å². The minimum atomic E-state index is 0.293. The summed E-state index contributed by atoms with van der Waals surface area (Å²) >= 11 is 0. The van der Waals surface area contributed by atoms with Gasteiger partial charge in [0, 0.05) is 43.8 Å². The Morgan fingerprint density at radius 1 is 0.304 bits per heavy atom. The average molecular weight is 1170 g/mol. The molecule has 0 unspecified atom stereocenters. The third-order valence-electron chi connectivity index (χ3n) is 16.8. The maximum atomic E-state index is 12.2. The molecule has 11 aromatic carbocycles. The Labute approximate surface area is 527 Å². The van der Waals surface area contributed by atoms with E-state index in [9.17, 15) is 26.3 Å². The zero-order chi connectivity index (χ0) is 63.1. The van der Waals surface area contributed by atoms with E-state index in [-0.39, 0.29) is 0 Å². The van der Waals surface area contributed by atoms with Gasteiger partial charge in [0.15, 0.2) is 22.7 Å². The van der Waals surface area contributed by atoms with Crippen LogP contribution in [-0.2, 0) is 0 Å². The first-order chi connectivity index (χ1) is 45.2. The van der Waals surface area contributed by atoms with E-state index in [1.807, 2.05) is 146 Å². The van der Waals surface area contributed by atoms with Gasteiger partial charge in [-0.1, -0.05) is 127 Å². The minimum Gasteiger partial charge on any atom is -0.308 e. The van der Waals surface area contributed by atoms with Gasteiger partial charge in [-0.15, -0.1) is 0 Å². The van der Waals surface area contributed by atoms with Gasteiger partial charge in [-0.05, 0) is 159 Å². The predicted molar refractivity (Wildman–Crippen MR) is 360 cm³/mol. The maximum Gasteiger partial charge on any atom is 0.196 e. The van der Waals surface area contributed by atoms with Crippen molar-refractivity contribution in [2.24, 2.45) is 0 Å². The molecule has 14 aromatic rings. The standard InChI is InChI=1S/C80H38N12/c1-86-60-21-25-63(59(33-60)46-84)53-18-28-76-67(35-53)69-37-55(65-26-22-61(87-2)42-74(65)89-4)20-30-78(69)92(76)80-41-57(56-38-71(50-11-7-5-8-12-50)90-72(39-56)51-13-9-6-10-14-51)40-79(70(80)47-85)91-75-27-17-52(62-23-15-48(43-81)31-58(62)45-83)34-66(75)68-36-54(19-29-77(68)91)64-24-16-49(44-82)32-73(64)88-3/h5-42H. The lowest BCUT2D eigenvalue weighted by Gasteiger charge is -2.19. The van der Waals surface area contributed by atoms with Crippen molar-refractivity contribution in [3.8, 4) is 120 Å². The van der Waals surface area contributed by atoms with Crippen LogP contribution in [0.1, 0.15) is 27.8 Å². The Morgan fingerprint density at radius 3 is 1.13 bits per heavy atom. The molecule has 14 rings (SSSR count). The summed E-state index contributed by atoms with van der Waals surface area (Å²) in [5, 5.41) is 55.9. The van der Waals surface area contributed by atoms with Crippen molar-refractivity contribution in [2.75, 3.05) is 0 Å². The number of benzene rings is 11. The summed E-state index contributed by atoms with van der Waals surface area (Å²) in [5.41, 5.74) is 16.8. The molecule has 0 amide bonds. The highest BCUT2D eigenvalue weighted by Crippen LogP contribution is 2.46. The van der Waals surface area contributed by atoms with Crippen LogP contribution in [0.15, 0.2) is 231 Å². The van der Waals surface area contributed by atoms with Crippen LogP contribution in [0.2, 0.25) is 0 Å². The molecular weight excluding hydrogens is 1130 g/mol. The number of fused-ring (bicyclic) bond motifs is 6. The largest absolute Gasteiger partial charge is 0.308 e. The lowest BCUT2D eigenvalue weighted by atomic mass is 9.96. The van der Waals surface area contributed by atoms with E-state index in [0.717, 1.165) is 43.8 Å². The molecule has 12 heteroatoms. The molecule has 0 N–H and O–H groups in total. The Hall–Kier alpha value is -14.4. The van der Waals surface area contributed by atoms with Gasteiger partial charge in [0.25, 0.3) is 0 Å². The molecule has 3 heterocycles. The highest BCUT2D eigenvalue weighted by molar-refractivity contribution is 6.14. The molecule has 3 aromatic heterocycles. The van der Waals surface area contributed by atoms with Crippen molar-refractivity contribution in [3.63, 3.8) is 0 Å². The predicted octanol–water partition coefficient (Wildman–Crippen LogP) is 20.5. The van der Waals surface area contributed by atoms with E-state index in [1.165, 1.54) is 0 Å². The molecule has 0 radical (unpaired) electrons. The van der Waals surface area contributed by atoms with Gasteiger partial charge in [0.1, 0.15) is 11.6 Å². The third kappa shape index (κ3) is 9.39. The van der Waals surface area contributed by atoms with E-state index in [2.05, 4.69) is 71.0 Å². The SMILES string of the molecule is [C-]#[N+]c1ccc(-c2ccc3c(c2)c2cc(-c4ccc([N+]#[C-])cc4[N+]#[C-])ccc2n3-c2cc(-c3cc(-c4ccccc4)nc(-c4ccccc4)c3)cc(-n3c4ccc(-c5ccc(C#N)cc5C#N)cc4c4cc(-c5ccc(C#N)cc5[N+]#[C-])ccc43)c2C#N)c(C#N)c1. The second kappa shape index (κ2) is 22.8. The molecule has 0 bridgehead atoms. The van der Waals surface area contributed by atoms with Crippen LogP contribution >= 0.6 is 0 Å². The number of nitriles is 5. The zero-order valence-electron chi connectivity index (χ0n) is 48.3. The van der Waals surface area contributed by atoms with Crippen molar-refractivity contribution in [3.05, 3.63) is 304 Å². The molecule has 92 heavy (non-hydrogen) atoms. The molecule has 0 atom stereocenters. The number of nitrogens with zero attached hydrogens (tertiary/aromatic N) is 12. The molecule has 12 nitrogen and oxygen atoms in total. The quantitative estimate of drug-likeness (QED) is 0.131. The first-order valence-corrected chi connectivity index (χ1v) is 28.7. The summed E-state index contributed by atoms with van der Waals surface area (Å²) in [6.07, 6.45) is 0. The van der Waals surface area contributed by atoms with Crippen LogP contribution < -0.4 is 0 Å². The molecule has 0 aliphatic heterocycles. The summed E-state index contributed by atoms with van der Waals surface area (Å²) in [6, 6.07) is 83.6. The van der Waals surface area contributed by atoms with Gasteiger partial charge in [0.2, 0.25) is 0 Å². The van der Waals surface area contributed by atoms with Crippen molar-refractivity contribution < 1.29 is 0 Å². The van der Waals surface area contributed by atoms with Gasteiger partial charge in [-0.2, -0.15) is 26.3 Å². The van der Waals surface area contributed by atoms with Crippen LogP contribution in [0.4, 0.5) is 22.7 Å². The van der Waals surface area contributed by atoms with Crippen molar-refractivity contribution >= 4 is 66.4 Å².